The number of ether oxygens (including phenoxy) is 3. The molecule has 1 saturated heterocycles. The van der Waals surface area contributed by atoms with E-state index in [1.165, 1.54) is 12.1 Å². The van der Waals surface area contributed by atoms with Gasteiger partial charge in [-0.15, -0.1) is 0 Å². The van der Waals surface area contributed by atoms with Gasteiger partial charge >= 0.3 is 0 Å². The molecular formula is C20H22Cl2FNO3. The molecule has 0 radical (unpaired) electrons. The second kappa shape index (κ2) is 9.60. The lowest BCUT2D eigenvalue weighted by Gasteiger charge is -2.16. The first-order valence-corrected chi connectivity index (χ1v) is 9.58. The number of methoxy groups -OCH3 is 1. The molecule has 2 aromatic rings. The van der Waals surface area contributed by atoms with E-state index in [9.17, 15) is 4.39 Å². The van der Waals surface area contributed by atoms with Gasteiger partial charge in [-0.1, -0.05) is 29.3 Å². The minimum atomic E-state index is -0.390. The van der Waals surface area contributed by atoms with Crippen LogP contribution < -0.4 is 14.8 Å². The molecule has 0 amide bonds. The van der Waals surface area contributed by atoms with E-state index in [0.29, 0.717) is 33.7 Å². The smallest absolute Gasteiger partial charge is 0.180 e. The summed E-state index contributed by atoms with van der Waals surface area (Å²) in [5.74, 6) is 0.580. The van der Waals surface area contributed by atoms with Crippen LogP contribution in [0.4, 0.5) is 4.39 Å². The third-order valence-electron chi connectivity index (χ3n) is 4.40. The van der Waals surface area contributed by atoms with Gasteiger partial charge < -0.3 is 19.5 Å². The summed E-state index contributed by atoms with van der Waals surface area (Å²) in [6, 6.07) is 7.90. The lowest BCUT2D eigenvalue weighted by Crippen LogP contribution is -2.25. The number of hydrogen-bond donors (Lipinski definition) is 1. The van der Waals surface area contributed by atoms with Crippen molar-refractivity contribution in [1.82, 2.24) is 5.32 Å². The van der Waals surface area contributed by atoms with Gasteiger partial charge in [-0.25, -0.2) is 4.39 Å². The molecule has 1 unspecified atom stereocenters. The minimum absolute atomic E-state index is 0.159. The van der Waals surface area contributed by atoms with Crippen molar-refractivity contribution in [3.63, 3.8) is 0 Å². The van der Waals surface area contributed by atoms with Crippen molar-refractivity contribution in [1.29, 1.82) is 0 Å². The Balaban J connectivity index is 1.64. The lowest BCUT2D eigenvalue weighted by molar-refractivity contribution is 0.110. The number of rotatable bonds is 8. The van der Waals surface area contributed by atoms with Crippen molar-refractivity contribution in [2.24, 2.45) is 0 Å². The molecule has 1 aliphatic heterocycles. The second-order valence-electron chi connectivity index (χ2n) is 6.40. The first-order chi connectivity index (χ1) is 13.1. The highest BCUT2D eigenvalue weighted by atomic mass is 35.5. The zero-order chi connectivity index (χ0) is 19.2. The SMILES string of the molecule is COc1cc(CNCC2CCCO2)cc(Cl)c1OCc1ccc(F)cc1Cl. The molecule has 27 heavy (non-hydrogen) atoms. The summed E-state index contributed by atoms with van der Waals surface area (Å²) in [6.07, 6.45) is 2.50. The fraction of sp³-hybridized carbons (Fsp3) is 0.400. The van der Waals surface area contributed by atoms with E-state index in [1.807, 2.05) is 12.1 Å². The topological polar surface area (TPSA) is 39.7 Å². The Morgan fingerprint density at radius 3 is 2.78 bits per heavy atom. The van der Waals surface area contributed by atoms with Crippen molar-refractivity contribution in [3.05, 3.63) is 57.3 Å². The summed E-state index contributed by atoms with van der Waals surface area (Å²) in [5.41, 5.74) is 1.65. The quantitative estimate of drug-likeness (QED) is 0.661. The summed E-state index contributed by atoms with van der Waals surface area (Å²) in [5, 5.41) is 4.13. The van der Waals surface area contributed by atoms with Gasteiger partial charge in [-0.05, 0) is 42.7 Å². The van der Waals surface area contributed by atoms with Crippen molar-refractivity contribution >= 4 is 23.2 Å². The zero-order valence-corrected chi connectivity index (χ0v) is 16.6. The van der Waals surface area contributed by atoms with Crippen LogP contribution in [-0.2, 0) is 17.9 Å². The molecule has 3 rings (SSSR count). The van der Waals surface area contributed by atoms with Crippen LogP contribution in [0.3, 0.4) is 0 Å². The molecule has 0 aliphatic carbocycles. The molecule has 1 fully saturated rings. The summed E-state index contributed by atoms with van der Waals surface area (Å²) in [7, 11) is 1.56. The van der Waals surface area contributed by atoms with Crippen LogP contribution in [-0.4, -0.2) is 26.4 Å². The van der Waals surface area contributed by atoms with Crippen molar-refractivity contribution < 1.29 is 18.6 Å². The molecule has 1 heterocycles. The highest BCUT2D eigenvalue weighted by Crippen LogP contribution is 2.37. The van der Waals surface area contributed by atoms with Gasteiger partial charge in [0.1, 0.15) is 12.4 Å². The van der Waals surface area contributed by atoms with E-state index < -0.39 is 0 Å². The summed E-state index contributed by atoms with van der Waals surface area (Å²) in [6.45, 7) is 2.46. The van der Waals surface area contributed by atoms with Gasteiger partial charge in [0.2, 0.25) is 0 Å². The molecule has 1 N–H and O–H groups in total. The van der Waals surface area contributed by atoms with E-state index in [2.05, 4.69) is 5.32 Å². The standard InChI is InChI=1S/C20H22Cl2FNO3/c1-25-19-8-13(10-24-11-16-3-2-6-26-16)7-18(22)20(19)27-12-14-4-5-15(23)9-17(14)21/h4-5,7-9,16,24H,2-3,6,10-12H2,1H3. The summed E-state index contributed by atoms with van der Waals surface area (Å²) >= 11 is 12.4. The molecule has 0 saturated carbocycles. The first kappa shape index (κ1) is 20.2. The van der Waals surface area contributed by atoms with Gasteiger partial charge in [-0.2, -0.15) is 0 Å². The minimum Gasteiger partial charge on any atom is -0.493 e. The van der Waals surface area contributed by atoms with Crippen LogP contribution in [0.25, 0.3) is 0 Å². The summed E-state index contributed by atoms with van der Waals surface area (Å²) in [4.78, 5) is 0. The Kier molecular flexibility index (Phi) is 7.19. The first-order valence-electron chi connectivity index (χ1n) is 8.82. The lowest BCUT2D eigenvalue weighted by atomic mass is 10.2. The zero-order valence-electron chi connectivity index (χ0n) is 15.1. The van der Waals surface area contributed by atoms with Crippen LogP contribution in [0.2, 0.25) is 10.0 Å². The molecule has 0 spiro atoms. The Labute approximate surface area is 168 Å². The average molecular weight is 414 g/mol. The van der Waals surface area contributed by atoms with Crippen molar-refractivity contribution in [2.75, 3.05) is 20.3 Å². The predicted octanol–water partition coefficient (Wildman–Crippen LogP) is 4.99. The molecule has 0 aromatic heterocycles. The molecule has 2 aromatic carbocycles. The third kappa shape index (κ3) is 5.48. The third-order valence-corrected chi connectivity index (χ3v) is 5.03. The Morgan fingerprint density at radius 1 is 1.22 bits per heavy atom. The van der Waals surface area contributed by atoms with E-state index in [1.54, 1.807) is 13.2 Å². The fourth-order valence-electron chi connectivity index (χ4n) is 2.99. The van der Waals surface area contributed by atoms with Gasteiger partial charge in [0.25, 0.3) is 0 Å². The van der Waals surface area contributed by atoms with Crippen LogP contribution in [0.15, 0.2) is 30.3 Å². The molecule has 0 bridgehead atoms. The fourth-order valence-corrected chi connectivity index (χ4v) is 3.50. The predicted molar refractivity (Wildman–Crippen MR) is 104 cm³/mol. The molecule has 1 atom stereocenters. The van der Waals surface area contributed by atoms with Gasteiger partial charge in [0.15, 0.2) is 11.5 Å². The highest BCUT2D eigenvalue weighted by Gasteiger charge is 2.16. The van der Waals surface area contributed by atoms with Crippen LogP contribution in [0, 0.1) is 5.82 Å². The van der Waals surface area contributed by atoms with Crippen molar-refractivity contribution in [3.8, 4) is 11.5 Å². The average Bonchev–Trinajstić information content (AvgIpc) is 3.15. The second-order valence-corrected chi connectivity index (χ2v) is 7.21. The van der Waals surface area contributed by atoms with E-state index in [-0.39, 0.29) is 18.5 Å². The van der Waals surface area contributed by atoms with E-state index in [4.69, 9.17) is 37.4 Å². The number of nitrogens with one attached hydrogen (secondary N) is 1. The number of halogens is 3. The van der Waals surface area contributed by atoms with Gasteiger partial charge in [0.05, 0.1) is 23.3 Å². The van der Waals surface area contributed by atoms with Crippen LogP contribution >= 0.6 is 23.2 Å². The Morgan fingerprint density at radius 2 is 2.07 bits per heavy atom. The Bertz CT molecular complexity index is 782. The molecule has 146 valence electrons. The summed E-state index contributed by atoms with van der Waals surface area (Å²) < 4.78 is 30.0. The largest absolute Gasteiger partial charge is 0.493 e. The van der Waals surface area contributed by atoms with Crippen LogP contribution in [0.5, 0.6) is 11.5 Å². The monoisotopic (exact) mass is 413 g/mol. The molecule has 4 nitrogen and oxygen atoms in total. The molecule has 1 aliphatic rings. The van der Waals surface area contributed by atoms with Crippen molar-refractivity contribution in [2.45, 2.75) is 32.1 Å². The van der Waals surface area contributed by atoms with Crippen LogP contribution in [0.1, 0.15) is 24.0 Å². The van der Waals surface area contributed by atoms with E-state index in [0.717, 1.165) is 31.6 Å². The number of benzene rings is 2. The Hall–Kier alpha value is -1.53. The van der Waals surface area contributed by atoms with Gasteiger partial charge in [0, 0.05) is 25.3 Å². The molecular weight excluding hydrogens is 392 g/mol. The molecule has 7 heteroatoms. The maximum absolute atomic E-state index is 13.2. The van der Waals surface area contributed by atoms with E-state index >= 15 is 0 Å². The van der Waals surface area contributed by atoms with Gasteiger partial charge in [-0.3, -0.25) is 0 Å². The normalized spacial score (nSPS) is 16.5. The maximum Gasteiger partial charge on any atom is 0.180 e. The maximum atomic E-state index is 13.2. The highest BCUT2D eigenvalue weighted by molar-refractivity contribution is 6.32. The number of hydrogen-bond acceptors (Lipinski definition) is 4.